The summed E-state index contributed by atoms with van der Waals surface area (Å²) in [5.74, 6) is 1.72. The predicted molar refractivity (Wildman–Crippen MR) is 91.1 cm³/mol. The van der Waals surface area contributed by atoms with Gasteiger partial charge in [0.1, 0.15) is 0 Å². The zero-order valence-corrected chi connectivity index (χ0v) is 13.3. The minimum atomic E-state index is 0.828. The molecule has 3 rings (SSSR count). The molecule has 2 aliphatic heterocycles. The zero-order chi connectivity index (χ0) is 14.5. The third-order valence-corrected chi connectivity index (χ3v) is 5.07. The zero-order valence-electron chi connectivity index (χ0n) is 13.3. The SMILES string of the molecule is CC1CCN(c2ccc(NCC3CCNCC3)cc2)CC1. The Morgan fingerprint density at radius 2 is 1.71 bits per heavy atom. The molecule has 2 fully saturated rings. The second-order valence-corrected chi connectivity index (χ2v) is 6.79. The van der Waals surface area contributed by atoms with E-state index in [2.05, 4.69) is 46.7 Å². The van der Waals surface area contributed by atoms with E-state index < -0.39 is 0 Å². The molecule has 2 saturated heterocycles. The minimum Gasteiger partial charge on any atom is -0.385 e. The van der Waals surface area contributed by atoms with Crippen molar-refractivity contribution < 1.29 is 0 Å². The monoisotopic (exact) mass is 287 g/mol. The maximum atomic E-state index is 3.61. The number of anilines is 2. The van der Waals surface area contributed by atoms with Gasteiger partial charge in [0.2, 0.25) is 0 Å². The summed E-state index contributed by atoms with van der Waals surface area (Å²) in [4.78, 5) is 2.52. The van der Waals surface area contributed by atoms with Crippen molar-refractivity contribution in [2.24, 2.45) is 11.8 Å². The van der Waals surface area contributed by atoms with Gasteiger partial charge in [-0.1, -0.05) is 6.92 Å². The number of nitrogens with zero attached hydrogens (tertiary/aromatic N) is 1. The summed E-state index contributed by atoms with van der Waals surface area (Å²) < 4.78 is 0. The van der Waals surface area contributed by atoms with Gasteiger partial charge in [0.05, 0.1) is 0 Å². The lowest BCUT2D eigenvalue weighted by Crippen LogP contribution is -2.32. The Balaban J connectivity index is 1.49. The lowest BCUT2D eigenvalue weighted by Gasteiger charge is -2.32. The van der Waals surface area contributed by atoms with Gasteiger partial charge in [-0.3, -0.25) is 0 Å². The van der Waals surface area contributed by atoms with Crippen molar-refractivity contribution in [2.45, 2.75) is 32.6 Å². The van der Waals surface area contributed by atoms with E-state index >= 15 is 0 Å². The molecule has 0 aromatic heterocycles. The smallest absolute Gasteiger partial charge is 0.0367 e. The number of piperidine rings is 2. The van der Waals surface area contributed by atoms with Crippen LogP contribution in [-0.4, -0.2) is 32.7 Å². The van der Waals surface area contributed by atoms with Gasteiger partial charge in [-0.2, -0.15) is 0 Å². The Morgan fingerprint density at radius 1 is 1.05 bits per heavy atom. The van der Waals surface area contributed by atoms with E-state index in [1.165, 1.54) is 63.2 Å². The van der Waals surface area contributed by atoms with Crippen LogP contribution in [0.4, 0.5) is 11.4 Å². The fraction of sp³-hybridized carbons (Fsp3) is 0.667. The molecule has 0 unspecified atom stereocenters. The lowest BCUT2D eigenvalue weighted by atomic mass is 9.98. The van der Waals surface area contributed by atoms with Crippen LogP contribution < -0.4 is 15.5 Å². The summed E-state index contributed by atoms with van der Waals surface area (Å²) in [6.45, 7) is 8.26. The number of hydrogen-bond donors (Lipinski definition) is 2. The standard InChI is InChI=1S/C18H29N3/c1-15-8-12-21(13-9-15)18-4-2-17(3-5-18)20-14-16-6-10-19-11-7-16/h2-5,15-16,19-20H,6-14H2,1H3. The Kier molecular flexibility index (Phi) is 5.02. The highest BCUT2D eigenvalue weighted by atomic mass is 15.1. The molecule has 1 aromatic rings. The molecule has 0 amide bonds. The predicted octanol–water partition coefficient (Wildman–Crippen LogP) is 3.33. The highest BCUT2D eigenvalue weighted by molar-refractivity contribution is 5.55. The van der Waals surface area contributed by atoms with Gasteiger partial charge in [-0.05, 0) is 74.9 Å². The summed E-state index contributed by atoms with van der Waals surface area (Å²) in [6.07, 6.45) is 5.26. The molecule has 2 aliphatic rings. The summed E-state index contributed by atoms with van der Waals surface area (Å²) in [5, 5.41) is 7.03. The maximum Gasteiger partial charge on any atom is 0.0367 e. The maximum absolute atomic E-state index is 3.61. The van der Waals surface area contributed by atoms with Crippen molar-refractivity contribution >= 4 is 11.4 Å². The second-order valence-electron chi connectivity index (χ2n) is 6.79. The first-order valence-electron chi connectivity index (χ1n) is 8.61. The van der Waals surface area contributed by atoms with Crippen LogP contribution in [0.15, 0.2) is 24.3 Å². The van der Waals surface area contributed by atoms with Gasteiger partial charge in [-0.25, -0.2) is 0 Å². The first kappa shape index (κ1) is 14.7. The number of benzene rings is 1. The third-order valence-electron chi connectivity index (χ3n) is 5.07. The molecule has 0 spiro atoms. The van der Waals surface area contributed by atoms with Crippen LogP contribution in [0.2, 0.25) is 0 Å². The highest BCUT2D eigenvalue weighted by Gasteiger charge is 2.16. The van der Waals surface area contributed by atoms with Gasteiger partial charge in [0, 0.05) is 31.0 Å². The van der Waals surface area contributed by atoms with E-state index in [-0.39, 0.29) is 0 Å². The Morgan fingerprint density at radius 3 is 2.38 bits per heavy atom. The number of hydrogen-bond acceptors (Lipinski definition) is 3. The van der Waals surface area contributed by atoms with Crippen molar-refractivity contribution in [1.29, 1.82) is 0 Å². The Bertz CT molecular complexity index is 415. The van der Waals surface area contributed by atoms with Gasteiger partial charge < -0.3 is 15.5 Å². The average Bonchev–Trinajstić information content (AvgIpc) is 2.55. The largest absolute Gasteiger partial charge is 0.385 e. The summed E-state index contributed by atoms with van der Waals surface area (Å²) in [6, 6.07) is 9.05. The molecule has 3 nitrogen and oxygen atoms in total. The van der Waals surface area contributed by atoms with Crippen LogP contribution in [0.5, 0.6) is 0 Å². The molecule has 21 heavy (non-hydrogen) atoms. The Hall–Kier alpha value is -1.22. The molecule has 0 bridgehead atoms. The molecule has 2 N–H and O–H groups in total. The summed E-state index contributed by atoms with van der Waals surface area (Å²) >= 11 is 0. The molecule has 0 saturated carbocycles. The quantitative estimate of drug-likeness (QED) is 0.889. The number of nitrogens with one attached hydrogen (secondary N) is 2. The van der Waals surface area contributed by atoms with Crippen LogP contribution in [0.3, 0.4) is 0 Å². The molecule has 0 radical (unpaired) electrons. The lowest BCUT2D eigenvalue weighted by molar-refractivity contribution is 0.390. The van der Waals surface area contributed by atoms with Crippen molar-refractivity contribution in [3.63, 3.8) is 0 Å². The van der Waals surface area contributed by atoms with Gasteiger partial charge in [0.25, 0.3) is 0 Å². The first-order chi connectivity index (χ1) is 10.3. The summed E-state index contributed by atoms with van der Waals surface area (Å²) in [5.41, 5.74) is 2.65. The van der Waals surface area contributed by atoms with E-state index in [9.17, 15) is 0 Å². The van der Waals surface area contributed by atoms with Crippen LogP contribution in [0.1, 0.15) is 32.6 Å². The Labute approximate surface area is 129 Å². The topological polar surface area (TPSA) is 27.3 Å². The second kappa shape index (κ2) is 7.17. The molecule has 0 aliphatic carbocycles. The van der Waals surface area contributed by atoms with Gasteiger partial charge in [-0.15, -0.1) is 0 Å². The van der Waals surface area contributed by atoms with Crippen molar-refractivity contribution in [2.75, 3.05) is 42.9 Å². The van der Waals surface area contributed by atoms with E-state index in [1.54, 1.807) is 0 Å². The van der Waals surface area contributed by atoms with Crippen molar-refractivity contribution in [1.82, 2.24) is 5.32 Å². The van der Waals surface area contributed by atoms with Crippen molar-refractivity contribution in [3.8, 4) is 0 Å². The first-order valence-corrected chi connectivity index (χ1v) is 8.61. The molecular weight excluding hydrogens is 258 g/mol. The van der Waals surface area contributed by atoms with Crippen LogP contribution >= 0.6 is 0 Å². The van der Waals surface area contributed by atoms with E-state index in [1.807, 2.05) is 0 Å². The molecule has 3 heteroatoms. The number of rotatable bonds is 4. The van der Waals surface area contributed by atoms with Gasteiger partial charge >= 0.3 is 0 Å². The molecule has 1 aromatic carbocycles. The molecule has 116 valence electrons. The normalized spacial score (nSPS) is 21.5. The molecule has 2 heterocycles. The van der Waals surface area contributed by atoms with Crippen LogP contribution in [0.25, 0.3) is 0 Å². The minimum absolute atomic E-state index is 0.828. The van der Waals surface area contributed by atoms with Crippen LogP contribution in [-0.2, 0) is 0 Å². The fourth-order valence-corrected chi connectivity index (χ4v) is 3.40. The van der Waals surface area contributed by atoms with Gasteiger partial charge in [0.15, 0.2) is 0 Å². The third kappa shape index (κ3) is 4.13. The van der Waals surface area contributed by atoms with E-state index in [0.29, 0.717) is 0 Å². The van der Waals surface area contributed by atoms with Crippen molar-refractivity contribution in [3.05, 3.63) is 24.3 Å². The van der Waals surface area contributed by atoms with E-state index in [0.717, 1.165) is 18.4 Å². The average molecular weight is 287 g/mol. The highest BCUT2D eigenvalue weighted by Crippen LogP contribution is 2.24. The molecule has 0 atom stereocenters. The fourth-order valence-electron chi connectivity index (χ4n) is 3.40. The van der Waals surface area contributed by atoms with E-state index in [4.69, 9.17) is 0 Å². The van der Waals surface area contributed by atoms with Crippen LogP contribution in [0, 0.1) is 11.8 Å². The summed E-state index contributed by atoms with van der Waals surface area (Å²) in [7, 11) is 0. The molecular formula is C18H29N3.